The second kappa shape index (κ2) is 6.40. The van der Waals surface area contributed by atoms with Gasteiger partial charge in [0.25, 0.3) is 0 Å². The second-order valence-corrected chi connectivity index (χ2v) is 6.25. The Morgan fingerprint density at radius 2 is 1.89 bits per heavy atom. The molecule has 0 heterocycles. The third-order valence-electron chi connectivity index (χ3n) is 3.44. The summed E-state index contributed by atoms with van der Waals surface area (Å²) in [5.74, 6) is 0.971. The van der Waals surface area contributed by atoms with E-state index in [2.05, 4.69) is 63.3 Å². The molecule has 1 rings (SSSR count). The fourth-order valence-corrected chi connectivity index (χ4v) is 2.31. The maximum atomic E-state index is 5.50. The summed E-state index contributed by atoms with van der Waals surface area (Å²) in [6.07, 6.45) is 0. The monoisotopic (exact) mass is 264 g/mol. The van der Waals surface area contributed by atoms with Crippen LogP contribution in [-0.2, 0) is 5.41 Å². The molecule has 1 aromatic rings. The number of hydrogen-bond acceptors (Lipinski definition) is 3. The summed E-state index contributed by atoms with van der Waals surface area (Å²) in [5.41, 5.74) is 2.67. The Morgan fingerprint density at radius 1 is 1.26 bits per heavy atom. The third kappa shape index (κ3) is 3.95. The average Bonchev–Trinajstić information content (AvgIpc) is 2.33. The van der Waals surface area contributed by atoms with E-state index >= 15 is 0 Å². The van der Waals surface area contributed by atoms with E-state index in [9.17, 15) is 0 Å². The van der Waals surface area contributed by atoms with Crippen LogP contribution in [0.15, 0.2) is 18.2 Å². The highest BCUT2D eigenvalue weighted by atomic mass is 16.5. The van der Waals surface area contributed by atoms with Crippen molar-refractivity contribution in [2.75, 3.05) is 34.8 Å². The second-order valence-electron chi connectivity index (χ2n) is 6.25. The molecule has 19 heavy (non-hydrogen) atoms. The smallest absolute Gasteiger partial charge is 0.122 e. The molecule has 0 aliphatic rings. The third-order valence-corrected chi connectivity index (χ3v) is 3.44. The van der Waals surface area contributed by atoms with Crippen molar-refractivity contribution < 1.29 is 4.74 Å². The summed E-state index contributed by atoms with van der Waals surface area (Å²) >= 11 is 0. The van der Waals surface area contributed by atoms with E-state index in [0.29, 0.717) is 6.04 Å². The van der Waals surface area contributed by atoms with Crippen molar-refractivity contribution in [1.82, 2.24) is 10.2 Å². The first-order valence-corrected chi connectivity index (χ1v) is 6.80. The Labute approximate surface area is 118 Å². The summed E-state index contributed by atoms with van der Waals surface area (Å²) in [4.78, 5) is 2.24. The predicted molar refractivity (Wildman–Crippen MR) is 82.0 cm³/mol. The summed E-state index contributed by atoms with van der Waals surface area (Å²) < 4.78 is 5.50. The first-order chi connectivity index (χ1) is 8.81. The lowest BCUT2D eigenvalue weighted by Gasteiger charge is -2.28. The molecule has 0 radical (unpaired) electrons. The van der Waals surface area contributed by atoms with Crippen molar-refractivity contribution in [1.29, 1.82) is 0 Å². The van der Waals surface area contributed by atoms with Crippen molar-refractivity contribution >= 4 is 0 Å². The van der Waals surface area contributed by atoms with Crippen molar-refractivity contribution in [2.45, 2.75) is 32.2 Å². The minimum atomic E-state index is 0.0812. The molecule has 0 spiro atoms. The van der Waals surface area contributed by atoms with Crippen LogP contribution < -0.4 is 10.1 Å². The van der Waals surface area contributed by atoms with Crippen LogP contribution in [0, 0.1) is 0 Å². The van der Waals surface area contributed by atoms with Gasteiger partial charge >= 0.3 is 0 Å². The summed E-state index contributed by atoms with van der Waals surface area (Å²) in [7, 11) is 7.96. The molecule has 3 heteroatoms. The number of nitrogens with zero attached hydrogens (tertiary/aromatic N) is 1. The van der Waals surface area contributed by atoms with Gasteiger partial charge in [-0.3, -0.25) is 0 Å². The van der Waals surface area contributed by atoms with Gasteiger partial charge < -0.3 is 15.0 Å². The van der Waals surface area contributed by atoms with E-state index in [-0.39, 0.29) is 5.41 Å². The lowest BCUT2D eigenvalue weighted by Crippen LogP contribution is -2.29. The molecule has 0 aromatic heterocycles. The van der Waals surface area contributed by atoms with Gasteiger partial charge in [-0.25, -0.2) is 0 Å². The molecule has 0 fully saturated rings. The average molecular weight is 264 g/mol. The van der Waals surface area contributed by atoms with Gasteiger partial charge in [0.1, 0.15) is 5.75 Å². The fraction of sp³-hybridized carbons (Fsp3) is 0.625. The summed E-state index contributed by atoms with van der Waals surface area (Å²) in [6.45, 7) is 7.59. The van der Waals surface area contributed by atoms with Crippen LogP contribution in [0.1, 0.15) is 37.9 Å². The first-order valence-electron chi connectivity index (χ1n) is 6.80. The molecule has 0 amide bonds. The van der Waals surface area contributed by atoms with Gasteiger partial charge in [0.15, 0.2) is 0 Å². The molecule has 1 unspecified atom stereocenters. The molecule has 3 nitrogen and oxygen atoms in total. The zero-order valence-corrected chi connectivity index (χ0v) is 13.4. The molecule has 0 aliphatic carbocycles. The fourth-order valence-electron chi connectivity index (χ4n) is 2.31. The topological polar surface area (TPSA) is 24.5 Å². The Morgan fingerprint density at radius 3 is 2.32 bits per heavy atom. The molecule has 0 bridgehead atoms. The highest BCUT2D eigenvalue weighted by Crippen LogP contribution is 2.34. The minimum absolute atomic E-state index is 0.0812. The molecule has 108 valence electrons. The number of rotatable bonds is 5. The van der Waals surface area contributed by atoms with Crippen LogP contribution in [-0.4, -0.2) is 39.7 Å². The van der Waals surface area contributed by atoms with Gasteiger partial charge in [-0.05, 0) is 49.8 Å². The van der Waals surface area contributed by atoms with Gasteiger partial charge in [0.05, 0.1) is 7.11 Å². The predicted octanol–water partition coefficient (Wildman–Crippen LogP) is 2.81. The van der Waals surface area contributed by atoms with Crippen LogP contribution in [0.5, 0.6) is 5.75 Å². The lowest BCUT2D eigenvalue weighted by atomic mass is 9.84. The first kappa shape index (κ1) is 16.0. The molecule has 1 N–H and O–H groups in total. The normalized spacial score (nSPS) is 13.7. The van der Waals surface area contributed by atoms with E-state index in [1.54, 1.807) is 7.11 Å². The van der Waals surface area contributed by atoms with Crippen molar-refractivity contribution in [3.8, 4) is 5.75 Å². The quantitative estimate of drug-likeness (QED) is 0.885. The number of likely N-dealkylation sites (N-methyl/N-ethyl adjacent to an activating group) is 2. The molecular weight excluding hydrogens is 236 g/mol. The van der Waals surface area contributed by atoms with Gasteiger partial charge in [-0.1, -0.05) is 26.8 Å². The SMILES string of the molecule is CNCC(c1ccc(OC)c(C(C)(C)C)c1)N(C)C. The van der Waals surface area contributed by atoms with E-state index in [4.69, 9.17) is 4.74 Å². The van der Waals surface area contributed by atoms with Crippen LogP contribution in [0.3, 0.4) is 0 Å². The zero-order valence-electron chi connectivity index (χ0n) is 13.4. The number of hydrogen-bond donors (Lipinski definition) is 1. The van der Waals surface area contributed by atoms with Gasteiger partial charge in [-0.2, -0.15) is 0 Å². The lowest BCUT2D eigenvalue weighted by molar-refractivity contribution is 0.293. The molecule has 1 aromatic carbocycles. The zero-order chi connectivity index (χ0) is 14.6. The number of benzene rings is 1. The van der Waals surface area contributed by atoms with Crippen molar-refractivity contribution in [2.24, 2.45) is 0 Å². The van der Waals surface area contributed by atoms with Gasteiger partial charge in [0.2, 0.25) is 0 Å². The van der Waals surface area contributed by atoms with Crippen LogP contribution in [0.2, 0.25) is 0 Å². The molecule has 0 saturated carbocycles. The molecule has 1 atom stereocenters. The van der Waals surface area contributed by atoms with Crippen LogP contribution in [0.25, 0.3) is 0 Å². The van der Waals surface area contributed by atoms with E-state index < -0.39 is 0 Å². The molecule has 0 saturated heterocycles. The van der Waals surface area contributed by atoms with Gasteiger partial charge in [0, 0.05) is 12.6 Å². The Bertz CT molecular complexity index is 408. The van der Waals surface area contributed by atoms with Crippen LogP contribution in [0.4, 0.5) is 0 Å². The van der Waals surface area contributed by atoms with Crippen molar-refractivity contribution in [3.63, 3.8) is 0 Å². The highest BCUT2D eigenvalue weighted by Gasteiger charge is 2.22. The highest BCUT2D eigenvalue weighted by molar-refractivity contribution is 5.42. The maximum absolute atomic E-state index is 5.50. The Hall–Kier alpha value is -1.06. The van der Waals surface area contributed by atoms with E-state index in [0.717, 1.165) is 12.3 Å². The number of methoxy groups -OCH3 is 1. The summed E-state index contributed by atoms with van der Waals surface area (Å²) in [6, 6.07) is 6.90. The standard InChI is InChI=1S/C16H28N2O/c1-16(2,3)13-10-12(8-9-15(13)19-7)14(11-17-4)18(5)6/h8-10,14,17H,11H2,1-7H3. The van der Waals surface area contributed by atoms with Crippen LogP contribution >= 0.6 is 0 Å². The minimum Gasteiger partial charge on any atom is -0.496 e. The molecular formula is C16H28N2O. The largest absolute Gasteiger partial charge is 0.496 e. The summed E-state index contributed by atoms with van der Waals surface area (Å²) in [5, 5.41) is 3.26. The van der Waals surface area contributed by atoms with Gasteiger partial charge in [-0.15, -0.1) is 0 Å². The Kier molecular flexibility index (Phi) is 5.39. The maximum Gasteiger partial charge on any atom is 0.122 e. The Balaban J connectivity index is 3.23. The van der Waals surface area contributed by atoms with E-state index in [1.807, 2.05) is 7.05 Å². The molecule has 0 aliphatic heterocycles. The van der Waals surface area contributed by atoms with E-state index in [1.165, 1.54) is 11.1 Å². The number of nitrogens with one attached hydrogen (secondary N) is 1. The number of ether oxygens (including phenoxy) is 1. The van der Waals surface area contributed by atoms with Crippen molar-refractivity contribution in [3.05, 3.63) is 29.3 Å².